The lowest BCUT2D eigenvalue weighted by atomic mass is 9.96. The molecule has 0 heterocycles. The first-order valence-electron chi connectivity index (χ1n) is 25.8. The molecule has 4 aromatic rings. The topological polar surface area (TPSA) is 21.7 Å². The zero-order chi connectivity index (χ0) is 44.9. The largest absolute Gasteiger partial charge is 0.496 e. The fraction of sp³-hybridized carbons (Fsp3) is 0.571. The average Bonchev–Trinajstić information content (AvgIpc) is 3.34. The molecule has 0 bridgehead atoms. The van der Waals surface area contributed by atoms with Crippen molar-refractivity contribution in [1.29, 1.82) is 0 Å². The predicted molar refractivity (Wildman–Crippen MR) is 289 cm³/mol. The summed E-state index contributed by atoms with van der Waals surface area (Å²) in [5, 5.41) is 9.01. The van der Waals surface area contributed by atoms with E-state index in [-0.39, 0.29) is 0 Å². The van der Waals surface area contributed by atoms with Crippen LogP contribution in [0.15, 0.2) is 97.1 Å². The van der Waals surface area contributed by atoms with E-state index in [2.05, 4.69) is 143 Å². The van der Waals surface area contributed by atoms with Crippen molar-refractivity contribution >= 4 is 63.9 Å². The third-order valence-corrected chi connectivity index (χ3v) is 31.2. The number of unbranched alkanes of at least 4 members (excludes halogenated alkanes) is 6. The van der Waals surface area contributed by atoms with Crippen LogP contribution in [0.25, 0.3) is 0 Å². The van der Waals surface area contributed by atoms with Crippen LogP contribution >= 0.6 is 16.1 Å². The highest BCUT2D eigenvalue weighted by atomic mass is 31.2. The third-order valence-electron chi connectivity index (χ3n) is 14.4. The molecule has 346 valence electrons. The minimum Gasteiger partial charge on any atom is -0.496 e. The summed E-state index contributed by atoms with van der Waals surface area (Å²) in [5.41, 5.74) is 0. The third kappa shape index (κ3) is 13.4. The van der Waals surface area contributed by atoms with Crippen molar-refractivity contribution in [3.8, 4) is 11.5 Å². The van der Waals surface area contributed by atoms with Crippen molar-refractivity contribution in [2.45, 2.75) is 193 Å². The maximum atomic E-state index is 6.31. The quantitative estimate of drug-likeness (QED) is 0.0400. The van der Waals surface area contributed by atoms with Gasteiger partial charge in [-0.3, -0.25) is 0 Å². The summed E-state index contributed by atoms with van der Waals surface area (Å²) < 4.78 is 15.7. The number of para-hydroxylation sites is 2. The van der Waals surface area contributed by atoms with Gasteiger partial charge in [-0.05, 0) is 47.7 Å². The van der Waals surface area contributed by atoms with E-state index in [1.54, 1.807) is 10.4 Å². The van der Waals surface area contributed by atoms with E-state index < -0.39 is 32.3 Å². The Balaban J connectivity index is 1.80. The van der Waals surface area contributed by atoms with Crippen LogP contribution < -0.4 is 41.1 Å². The van der Waals surface area contributed by atoms with Gasteiger partial charge in [0.25, 0.3) is 0 Å². The second-order valence-electron chi connectivity index (χ2n) is 18.9. The van der Waals surface area contributed by atoms with E-state index in [4.69, 9.17) is 9.47 Å². The fourth-order valence-corrected chi connectivity index (χ4v) is 28.4. The highest BCUT2D eigenvalue weighted by molar-refractivity contribution is 7.85. The molecule has 0 unspecified atom stereocenters. The van der Waals surface area contributed by atoms with Gasteiger partial charge in [-0.15, -0.1) is 0 Å². The molecule has 0 spiro atoms. The summed E-state index contributed by atoms with van der Waals surface area (Å²) in [6.45, 7) is 14.4. The van der Waals surface area contributed by atoms with Crippen molar-refractivity contribution in [3.63, 3.8) is 0 Å². The van der Waals surface area contributed by atoms with Crippen molar-refractivity contribution in [1.82, 2.24) is 4.44 Å². The Morgan fingerprint density at radius 2 is 0.778 bits per heavy atom. The summed E-state index contributed by atoms with van der Waals surface area (Å²) in [7, 11) is -1.63. The lowest BCUT2D eigenvalue weighted by molar-refractivity contribution is 0.355. The molecule has 3 nitrogen and oxygen atoms in total. The first-order chi connectivity index (χ1) is 30.9. The molecule has 0 amide bonds. The molecule has 1 saturated carbocycles. The normalized spacial score (nSPS) is 14.0. The van der Waals surface area contributed by atoms with Gasteiger partial charge in [-0.2, -0.15) is 0 Å². The Hall–Kier alpha value is -2.27. The van der Waals surface area contributed by atoms with Crippen molar-refractivity contribution < 1.29 is 9.47 Å². The first-order valence-corrected chi connectivity index (χ1v) is 33.6. The molecule has 63 heavy (non-hydrogen) atoms. The number of hydrogen-bond donors (Lipinski definition) is 0. The lowest BCUT2D eigenvalue weighted by Crippen LogP contribution is -2.48. The number of hydrogen-bond acceptors (Lipinski definition) is 3. The number of rotatable bonds is 29. The van der Waals surface area contributed by atoms with E-state index in [0.717, 1.165) is 11.5 Å². The van der Waals surface area contributed by atoms with Gasteiger partial charge in [0.15, 0.2) is 0 Å². The first kappa shape index (κ1) is 51.7. The molecule has 5 rings (SSSR count). The molecule has 0 radical (unpaired) electrons. The highest BCUT2D eigenvalue weighted by Gasteiger charge is 2.41. The van der Waals surface area contributed by atoms with Gasteiger partial charge in [-0.1, -0.05) is 257 Å². The summed E-state index contributed by atoms with van der Waals surface area (Å²) in [4.78, 5) is 0. The molecule has 0 N–H and O–H groups in total. The zero-order valence-corrected chi connectivity index (χ0v) is 45.0. The van der Waals surface area contributed by atoms with E-state index in [1.165, 1.54) is 167 Å². The lowest BCUT2D eigenvalue weighted by Gasteiger charge is -2.46. The molecule has 0 atom stereocenters. The van der Waals surface area contributed by atoms with E-state index in [0.29, 0.717) is 6.04 Å². The van der Waals surface area contributed by atoms with Crippen LogP contribution in [0.5, 0.6) is 11.5 Å². The van der Waals surface area contributed by atoms with E-state index >= 15 is 0 Å². The Morgan fingerprint density at radius 3 is 1.10 bits per heavy atom. The zero-order valence-electron chi connectivity index (χ0n) is 41.2. The molecule has 7 heteroatoms. The summed E-state index contributed by atoms with van der Waals surface area (Å²) in [5.74, 6) is 1.96. The molecular formula is C56H87NO2P2Si2. The monoisotopic (exact) mass is 924 g/mol. The molecular weight excluding hydrogens is 837 g/mol. The van der Waals surface area contributed by atoms with Gasteiger partial charge in [0.05, 0.1) is 30.4 Å². The molecule has 4 aromatic carbocycles. The van der Waals surface area contributed by atoms with E-state index in [1.807, 2.05) is 14.2 Å². The summed E-state index contributed by atoms with van der Waals surface area (Å²) >= 11 is 0. The SMILES string of the molecule is CCCC[Si](CCCC)(CCCC)c1ccc(P(c2ccc([Si](CCCC)(CCCC)CCCC)cc2)N(C2CCCCC2)P(c2ccccc2OC)c2ccccc2OC)cc1. The number of nitrogens with zero attached hydrogens (tertiary/aromatic N) is 1. The van der Waals surface area contributed by atoms with Gasteiger partial charge < -0.3 is 9.47 Å². The summed E-state index contributed by atoms with van der Waals surface area (Å²) in [6.07, 6.45) is 22.2. The van der Waals surface area contributed by atoms with Crippen molar-refractivity contribution in [3.05, 3.63) is 97.1 Å². The molecule has 1 aliphatic rings. The number of benzene rings is 4. The van der Waals surface area contributed by atoms with Crippen molar-refractivity contribution in [2.75, 3.05) is 14.2 Å². The van der Waals surface area contributed by atoms with E-state index in [9.17, 15) is 0 Å². The van der Waals surface area contributed by atoms with Gasteiger partial charge >= 0.3 is 0 Å². The smallest absolute Gasteiger partial charge is 0.128 e. The van der Waals surface area contributed by atoms with Crippen LogP contribution in [0.3, 0.4) is 0 Å². The molecule has 1 fully saturated rings. The Morgan fingerprint density at radius 1 is 0.444 bits per heavy atom. The van der Waals surface area contributed by atoms with Crippen LogP contribution in [0, 0.1) is 0 Å². The Bertz CT molecular complexity index is 1700. The fourth-order valence-electron chi connectivity index (χ4n) is 10.7. The second kappa shape index (κ2) is 27.4. The predicted octanol–water partition coefficient (Wildman–Crippen LogP) is 14.8. The van der Waals surface area contributed by atoms with Crippen LogP contribution in [-0.2, 0) is 0 Å². The minimum atomic E-state index is -1.68. The van der Waals surface area contributed by atoms with Crippen LogP contribution in [0.4, 0.5) is 0 Å². The van der Waals surface area contributed by atoms with Gasteiger partial charge in [0, 0.05) is 32.8 Å². The standard InChI is InChI=1S/C56H87NO2P2Si2/c1-9-15-42-62(43-16-10-2,44-17-11-3)51-38-34-49(35-39-51)60(50-36-40-52(41-37-50)63(45-18-12-4,46-19-13-5)47-20-14-6)57(48-28-22-21-23-29-48)61(55-32-26-24-30-53(55)58-7)56-33-27-25-31-54(56)59-8/h24-27,30-41,48H,9-23,28-29,42-47H2,1-8H3. The molecule has 0 saturated heterocycles. The number of ether oxygens (including phenoxy) is 2. The van der Waals surface area contributed by atoms with Gasteiger partial charge in [0.1, 0.15) is 11.5 Å². The maximum absolute atomic E-state index is 6.31. The average molecular weight is 924 g/mol. The molecule has 0 aromatic heterocycles. The van der Waals surface area contributed by atoms with Gasteiger partial charge in [0.2, 0.25) is 0 Å². The molecule has 0 aliphatic heterocycles. The highest BCUT2D eigenvalue weighted by Crippen LogP contribution is 2.59. The van der Waals surface area contributed by atoms with Crippen LogP contribution in [0.1, 0.15) is 151 Å². The summed E-state index contributed by atoms with van der Waals surface area (Å²) in [6, 6.07) is 48.1. The maximum Gasteiger partial charge on any atom is 0.128 e. The van der Waals surface area contributed by atoms with Crippen molar-refractivity contribution in [2.24, 2.45) is 0 Å². The Kier molecular flexibility index (Phi) is 22.5. The second-order valence-corrected chi connectivity index (χ2v) is 32.6. The molecule has 1 aliphatic carbocycles. The Labute approximate surface area is 391 Å². The van der Waals surface area contributed by atoms with Crippen LogP contribution in [-0.4, -0.2) is 40.9 Å². The van der Waals surface area contributed by atoms with Gasteiger partial charge in [-0.25, -0.2) is 4.44 Å². The van der Waals surface area contributed by atoms with Crippen LogP contribution in [0.2, 0.25) is 36.3 Å². The number of methoxy groups -OCH3 is 2. The minimum absolute atomic E-state index is 0.449.